The minimum Gasteiger partial charge on any atom is -0.433 e. The zero-order chi connectivity index (χ0) is 14.2. The third-order valence-corrected chi connectivity index (χ3v) is 4.29. The molecule has 1 aliphatic carbocycles. The molecule has 0 saturated heterocycles. The number of halogens is 2. The van der Waals surface area contributed by atoms with Crippen molar-refractivity contribution in [1.82, 2.24) is 10.1 Å². The van der Waals surface area contributed by atoms with Gasteiger partial charge in [0.1, 0.15) is 10.6 Å². The smallest absolute Gasteiger partial charge is 0.387 e. The summed E-state index contributed by atoms with van der Waals surface area (Å²) in [4.78, 5) is 4.65. The van der Waals surface area contributed by atoms with Gasteiger partial charge in [0.15, 0.2) is 5.82 Å². The maximum atomic E-state index is 12.3. The van der Waals surface area contributed by atoms with Crippen LogP contribution < -0.4 is 10.5 Å². The molecule has 0 spiro atoms. The fourth-order valence-electron chi connectivity index (χ4n) is 2.39. The van der Waals surface area contributed by atoms with Crippen molar-refractivity contribution in [3.63, 3.8) is 0 Å². The number of aromatic nitrogens is 2. The topological polar surface area (TPSA) is 74.2 Å². The molecule has 8 heteroatoms. The summed E-state index contributed by atoms with van der Waals surface area (Å²) >= 11 is 1.20. The van der Waals surface area contributed by atoms with E-state index >= 15 is 0 Å². The Bertz CT molecular complexity index is 593. The Labute approximate surface area is 117 Å². The second kappa shape index (κ2) is 5.10. The number of rotatable bonds is 4. The van der Waals surface area contributed by atoms with E-state index in [-0.39, 0.29) is 11.6 Å². The SMILES string of the molecule is NC1(c2noc(-c3sccc3OC(F)F)n2)CCCC1. The first-order valence-corrected chi connectivity index (χ1v) is 7.12. The van der Waals surface area contributed by atoms with Crippen LogP contribution in [0.25, 0.3) is 10.8 Å². The van der Waals surface area contributed by atoms with E-state index in [0.717, 1.165) is 25.7 Å². The van der Waals surface area contributed by atoms with Crippen LogP contribution in [-0.4, -0.2) is 16.8 Å². The second-order valence-electron chi connectivity index (χ2n) is 4.78. The van der Waals surface area contributed by atoms with E-state index < -0.39 is 12.2 Å². The summed E-state index contributed by atoms with van der Waals surface area (Å²) in [7, 11) is 0. The molecule has 1 saturated carbocycles. The van der Waals surface area contributed by atoms with Crippen LogP contribution in [0, 0.1) is 0 Å². The third kappa shape index (κ3) is 2.40. The number of nitrogens with zero attached hydrogens (tertiary/aromatic N) is 2. The van der Waals surface area contributed by atoms with E-state index in [4.69, 9.17) is 10.3 Å². The lowest BCUT2D eigenvalue weighted by molar-refractivity contribution is -0.0492. The summed E-state index contributed by atoms with van der Waals surface area (Å²) in [6.07, 6.45) is 3.66. The number of thiophene rings is 1. The minimum atomic E-state index is -2.89. The molecule has 2 N–H and O–H groups in total. The molecule has 20 heavy (non-hydrogen) atoms. The lowest BCUT2D eigenvalue weighted by Crippen LogP contribution is -2.34. The summed E-state index contributed by atoms with van der Waals surface area (Å²) in [5.41, 5.74) is 5.67. The Morgan fingerprint density at radius 1 is 1.40 bits per heavy atom. The molecule has 0 unspecified atom stereocenters. The van der Waals surface area contributed by atoms with Crippen molar-refractivity contribution in [1.29, 1.82) is 0 Å². The van der Waals surface area contributed by atoms with E-state index in [2.05, 4.69) is 14.9 Å². The molecule has 0 atom stereocenters. The highest BCUT2D eigenvalue weighted by molar-refractivity contribution is 7.13. The van der Waals surface area contributed by atoms with Crippen molar-refractivity contribution in [2.75, 3.05) is 0 Å². The number of ether oxygens (including phenoxy) is 1. The van der Waals surface area contributed by atoms with Crippen LogP contribution >= 0.6 is 11.3 Å². The van der Waals surface area contributed by atoms with Gasteiger partial charge in [-0.3, -0.25) is 0 Å². The van der Waals surface area contributed by atoms with Gasteiger partial charge in [-0.25, -0.2) is 0 Å². The molecular formula is C12H13F2N3O2S. The molecule has 2 heterocycles. The van der Waals surface area contributed by atoms with Crippen molar-refractivity contribution in [3.8, 4) is 16.5 Å². The van der Waals surface area contributed by atoms with Crippen molar-refractivity contribution >= 4 is 11.3 Å². The van der Waals surface area contributed by atoms with Crippen LogP contribution in [0.2, 0.25) is 0 Å². The first-order chi connectivity index (χ1) is 9.58. The second-order valence-corrected chi connectivity index (χ2v) is 5.69. The molecule has 1 aliphatic rings. The summed E-state index contributed by atoms with van der Waals surface area (Å²) in [5.74, 6) is 0.640. The van der Waals surface area contributed by atoms with E-state index in [0.29, 0.717) is 10.7 Å². The van der Waals surface area contributed by atoms with E-state index in [1.165, 1.54) is 17.4 Å². The Morgan fingerprint density at radius 2 is 2.15 bits per heavy atom. The molecule has 108 valence electrons. The molecule has 0 amide bonds. The summed E-state index contributed by atoms with van der Waals surface area (Å²) in [5, 5.41) is 5.53. The first-order valence-electron chi connectivity index (χ1n) is 6.24. The Kier molecular flexibility index (Phi) is 3.43. The molecule has 0 bridgehead atoms. The zero-order valence-corrected chi connectivity index (χ0v) is 11.3. The number of hydrogen-bond donors (Lipinski definition) is 1. The van der Waals surface area contributed by atoms with Crippen LogP contribution in [0.1, 0.15) is 31.5 Å². The van der Waals surface area contributed by atoms with Gasteiger partial charge < -0.3 is 15.0 Å². The van der Waals surface area contributed by atoms with E-state index in [1.807, 2.05) is 0 Å². The quantitative estimate of drug-likeness (QED) is 0.939. The number of hydrogen-bond acceptors (Lipinski definition) is 6. The minimum absolute atomic E-state index is 0.0395. The van der Waals surface area contributed by atoms with Crippen LogP contribution in [-0.2, 0) is 5.54 Å². The van der Waals surface area contributed by atoms with Gasteiger partial charge in [-0.2, -0.15) is 13.8 Å². The van der Waals surface area contributed by atoms with Crippen LogP contribution in [0.3, 0.4) is 0 Å². The molecule has 0 radical (unpaired) electrons. The Morgan fingerprint density at radius 3 is 2.85 bits per heavy atom. The molecule has 2 aromatic rings. The maximum absolute atomic E-state index is 12.3. The first kappa shape index (κ1) is 13.4. The predicted octanol–water partition coefficient (Wildman–Crippen LogP) is 3.13. The van der Waals surface area contributed by atoms with E-state index in [1.54, 1.807) is 5.38 Å². The van der Waals surface area contributed by atoms with Gasteiger partial charge in [0, 0.05) is 0 Å². The largest absolute Gasteiger partial charge is 0.433 e. The van der Waals surface area contributed by atoms with Gasteiger partial charge in [0.2, 0.25) is 0 Å². The number of nitrogens with two attached hydrogens (primary N) is 1. The highest BCUT2D eigenvalue weighted by Gasteiger charge is 2.36. The van der Waals surface area contributed by atoms with Crippen LogP contribution in [0.15, 0.2) is 16.0 Å². The maximum Gasteiger partial charge on any atom is 0.387 e. The van der Waals surface area contributed by atoms with Crippen LogP contribution in [0.4, 0.5) is 8.78 Å². The zero-order valence-electron chi connectivity index (χ0n) is 10.5. The molecule has 1 fully saturated rings. The lowest BCUT2D eigenvalue weighted by atomic mass is 9.99. The third-order valence-electron chi connectivity index (χ3n) is 3.41. The Hall–Kier alpha value is -1.54. The predicted molar refractivity (Wildman–Crippen MR) is 68.6 cm³/mol. The van der Waals surface area contributed by atoms with Crippen molar-refractivity contribution in [2.45, 2.75) is 37.8 Å². The summed E-state index contributed by atoms with van der Waals surface area (Å²) in [6.45, 7) is -2.89. The number of alkyl halides is 2. The fraction of sp³-hybridized carbons (Fsp3) is 0.500. The normalized spacial score (nSPS) is 17.8. The van der Waals surface area contributed by atoms with Gasteiger partial charge in [0.25, 0.3) is 5.89 Å². The average Bonchev–Trinajstić information content (AvgIpc) is 3.07. The highest BCUT2D eigenvalue weighted by atomic mass is 32.1. The molecule has 2 aromatic heterocycles. The van der Waals surface area contributed by atoms with E-state index in [9.17, 15) is 8.78 Å². The van der Waals surface area contributed by atoms with Crippen molar-refractivity contribution in [3.05, 3.63) is 17.3 Å². The van der Waals surface area contributed by atoms with Gasteiger partial charge in [0.05, 0.1) is 5.54 Å². The summed E-state index contributed by atoms with van der Waals surface area (Å²) < 4.78 is 34.2. The summed E-state index contributed by atoms with van der Waals surface area (Å²) in [6, 6.07) is 1.45. The van der Waals surface area contributed by atoms with Gasteiger partial charge in [-0.1, -0.05) is 18.0 Å². The molecule has 0 aromatic carbocycles. The highest BCUT2D eigenvalue weighted by Crippen LogP contribution is 2.39. The lowest BCUT2D eigenvalue weighted by Gasteiger charge is -2.17. The fourth-order valence-corrected chi connectivity index (χ4v) is 3.13. The van der Waals surface area contributed by atoms with Gasteiger partial charge in [-0.15, -0.1) is 11.3 Å². The van der Waals surface area contributed by atoms with Gasteiger partial charge >= 0.3 is 6.61 Å². The molecule has 3 rings (SSSR count). The monoisotopic (exact) mass is 301 g/mol. The Balaban J connectivity index is 1.89. The molecule has 5 nitrogen and oxygen atoms in total. The van der Waals surface area contributed by atoms with Crippen molar-refractivity contribution in [2.24, 2.45) is 5.73 Å². The van der Waals surface area contributed by atoms with Gasteiger partial charge in [-0.05, 0) is 24.3 Å². The standard InChI is InChI=1S/C12H13F2N3O2S/c13-11(14)18-7-3-6-20-8(7)9-16-10(17-19-9)12(15)4-1-2-5-12/h3,6,11H,1-2,4-5,15H2. The average molecular weight is 301 g/mol. The van der Waals surface area contributed by atoms with Crippen molar-refractivity contribution < 1.29 is 18.0 Å². The molecular weight excluding hydrogens is 288 g/mol. The molecule has 0 aliphatic heterocycles. The van der Waals surface area contributed by atoms with Crippen LogP contribution in [0.5, 0.6) is 5.75 Å².